The van der Waals surface area contributed by atoms with Crippen molar-refractivity contribution in [2.75, 3.05) is 5.32 Å². The average molecular weight is 440 g/mol. The van der Waals surface area contributed by atoms with Crippen molar-refractivity contribution < 1.29 is 18.1 Å². The summed E-state index contributed by atoms with van der Waals surface area (Å²) in [4.78, 5) is 20.4. The van der Waals surface area contributed by atoms with Crippen molar-refractivity contribution in [3.8, 4) is 11.5 Å². The molecule has 31 heavy (non-hydrogen) atoms. The first kappa shape index (κ1) is 20.7. The number of carbonyl (C=O) groups excluding carboxylic acids is 1. The summed E-state index contributed by atoms with van der Waals surface area (Å²) >= 11 is 1.27. The number of anilines is 1. The van der Waals surface area contributed by atoms with Crippen LogP contribution in [0.25, 0.3) is 11.5 Å². The SMILES string of the molecule is Cc1ccc(F)cc1NC(=O)CCc1nc(CSc2nnc(-c3cccnc3)o2)no1. The molecule has 0 aliphatic rings. The summed E-state index contributed by atoms with van der Waals surface area (Å²) in [5.74, 6) is 0.854. The number of aryl methyl sites for hydroxylation is 2. The van der Waals surface area contributed by atoms with Crippen LogP contribution in [0.1, 0.15) is 23.7 Å². The lowest BCUT2D eigenvalue weighted by atomic mass is 10.2. The number of rotatable bonds is 8. The molecule has 0 saturated carbocycles. The van der Waals surface area contributed by atoms with E-state index in [4.69, 9.17) is 8.94 Å². The Kier molecular flexibility index (Phi) is 6.32. The number of nitrogens with one attached hydrogen (secondary N) is 1. The largest absolute Gasteiger partial charge is 0.411 e. The van der Waals surface area contributed by atoms with Gasteiger partial charge in [0.05, 0.1) is 11.3 Å². The Morgan fingerprint density at radius 1 is 1.26 bits per heavy atom. The molecule has 3 heterocycles. The van der Waals surface area contributed by atoms with Crippen LogP contribution in [0.3, 0.4) is 0 Å². The predicted octanol–water partition coefficient (Wildman–Crippen LogP) is 3.83. The number of halogens is 1. The lowest BCUT2D eigenvalue weighted by molar-refractivity contribution is -0.116. The molecule has 1 amide bonds. The van der Waals surface area contributed by atoms with E-state index in [0.717, 1.165) is 11.1 Å². The van der Waals surface area contributed by atoms with Crippen LogP contribution >= 0.6 is 11.8 Å². The highest BCUT2D eigenvalue weighted by molar-refractivity contribution is 7.98. The maximum Gasteiger partial charge on any atom is 0.277 e. The van der Waals surface area contributed by atoms with Crippen molar-refractivity contribution in [2.24, 2.45) is 0 Å². The molecule has 9 nitrogen and oxygen atoms in total. The second kappa shape index (κ2) is 9.47. The molecule has 0 aliphatic carbocycles. The zero-order valence-electron chi connectivity index (χ0n) is 16.4. The summed E-state index contributed by atoms with van der Waals surface area (Å²) in [5, 5.41) is 14.9. The first-order valence-electron chi connectivity index (χ1n) is 9.31. The highest BCUT2D eigenvalue weighted by Gasteiger charge is 2.13. The molecule has 0 atom stereocenters. The first-order chi connectivity index (χ1) is 15.1. The van der Waals surface area contributed by atoms with Crippen molar-refractivity contribution in [3.05, 3.63) is 65.8 Å². The zero-order chi connectivity index (χ0) is 21.6. The third-order valence-corrected chi connectivity index (χ3v) is 5.00. The van der Waals surface area contributed by atoms with Crippen molar-refractivity contribution >= 4 is 23.4 Å². The minimum absolute atomic E-state index is 0.128. The molecule has 11 heteroatoms. The second-order valence-electron chi connectivity index (χ2n) is 6.52. The Bertz CT molecular complexity index is 1180. The first-order valence-corrected chi connectivity index (χ1v) is 10.3. The van der Waals surface area contributed by atoms with Crippen molar-refractivity contribution in [1.82, 2.24) is 25.3 Å². The van der Waals surface area contributed by atoms with Crippen LogP contribution < -0.4 is 5.32 Å². The molecule has 0 unspecified atom stereocenters. The number of thioether (sulfide) groups is 1. The fourth-order valence-corrected chi connectivity index (χ4v) is 3.22. The molecule has 0 saturated heterocycles. The molecular formula is C20H17FN6O3S. The maximum atomic E-state index is 13.3. The van der Waals surface area contributed by atoms with Crippen LogP contribution in [-0.2, 0) is 17.0 Å². The molecule has 0 radical (unpaired) electrons. The second-order valence-corrected chi connectivity index (χ2v) is 7.44. The molecule has 0 fully saturated rings. The molecule has 158 valence electrons. The van der Waals surface area contributed by atoms with Gasteiger partial charge in [0.15, 0.2) is 5.82 Å². The Hall–Kier alpha value is -3.60. The van der Waals surface area contributed by atoms with Gasteiger partial charge in [-0.3, -0.25) is 9.78 Å². The molecule has 3 aromatic heterocycles. The highest BCUT2D eigenvalue weighted by Crippen LogP contribution is 2.24. The summed E-state index contributed by atoms with van der Waals surface area (Å²) in [5.41, 5.74) is 1.95. The normalized spacial score (nSPS) is 10.9. The number of nitrogens with zero attached hydrogens (tertiary/aromatic N) is 5. The van der Waals surface area contributed by atoms with Crippen LogP contribution in [-0.4, -0.2) is 31.2 Å². The van der Waals surface area contributed by atoms with E-state index in [1.54, 1.807) is 31.5 Å². The van der Waals surface area contributed by atoms with Gasteiger partial charge in [0, 0.05) is 30.9 Å². The number of pyridine rings is 1. The van der Waals surface area contributed by atoms with E-state index in [9.17, 15) is 9.18 Å². The third kappa shape index (κ3) is 5.51. The fraction of sp³-hybridized carbons (Fsp3) is 0.200. The van der Waals surface area contributed by atoms with E-state index in [-0.39, 0.29) is 18.7 Å². The summed E-state index contributed by atoms with van der Waals surface area (Å²) in [7, 11) is 0. The lowest BCUT2D eigenvalue weighted by Crippen LogP contribution is -2.13. The summed E-state index contributed by atoms with van der Waals surface area (Å²) in [6, 6.07) is 7.85. The molecular weight excluding hydrogens is 423 g/mol. The maximum absolute atomic E-state index is 13.3. The Morgan fingerprint density at radius 2 is 2.16 bits per heavy atom. The van der Waals surface area contributed by atoms with Crippen LogP contribution in [0.4, 0.5) is 10.1 Å². The Labute approximate surface area is 180 Å². The van der Waals surface area contributed by atoms with E-state index < -0.39 is 5.82 Å². The van der Waals surface area contributed by atoms with Crippen LogP contribution in [0, 0.1) is 12.7 Å². The third-order valence-electron chi connectivity index (χ3n) is 4.19. The van der Waals surface area contributed by atoms with Gasteiger partial charge >= 0.3 is 0 Å². The van der Waals surface area contributed by atoms with Gasteiger partial charge in [0.2, 0.25) is 17.7 Å². The summed E-state index contributed by atoms with van der Waals surface area (Å²) in [6.07, 6.45) is 3.70. The van der Waals surface area contributed by atoms with Gasteiger partial charge in [-0.15, -0.1) is 10.2 Å². The van der Waals surface area contributed by atoms with Gasteiger partial charge in [-0.25, -0.2) is 4.39 Å². The number of carbonyl (C=O) groups is 1. The van der Waals surface area contributed by atoms with E-state index >= 15 is 0 Å². The minimum atomic E-state index is -0.409. The van der Waals surface area contributed by atoms with Gasteiger partial charge in [0.1, 0.15) is 5.82 Å². The average Bonchev–Trinajstić information content (AvgIpc) is 3.43. The van der Waals surface area contributed by atoms with Crippen molar-refractivity contribution in [2.45, 2.75) is 30.7 Å². The van der Waals surface area contributed by atoms with E-state index in [1.807, 2.05) is 6.07 Å². The predicted molar refractivity (Wildman–Crippen MR) is 109 cm³/mol. The molecule has 4 rings (SSSR count). The highest BCUT2D eigenvalue weighted by atomic mass is 32.2. The molecule has 0 aliphatic heterocycles. The number of amides is 1. The van der Waals surface area contributed by atoms with E-state index in [2.05, 4.69) is 30.6 Å². The zero-order valence-corrected chi connectivity index (χ0v) is 17.2. The van der Waals surface area contributed by atoms with Crippen LogP contribution in [0.5, 0.6) is 0 Å². The molecule has 0 bridgehead atoms. The van der Waals surface area contributed by atoms with Gasteiger partial charge in [0.25, 0.3) is 5.22 Å². The monoisotopic (exact) mass is 440 g/mol. The number of aromatic nitrogens is 5. The fourth-order valence-electron chi connectivity index (χ4n) is 2.61. The topological polar surface area (TPSA) is 120 Å². The van der Waals surface area contributed by atoms with Gasteiger partial charge in [-0.2, -0.15) is 4.98 Å². The van der Waals surface area contributed by atoms with Crippen molar-refractivity contribution in [1.29, 1.82) is 0 Å². The number of benzene rings is 1. The van der Waals surface area contributed by atoms with Gasteiger partial charge < -0.3 is 14.3 Å². The van der Waals surface area contributed by atoms with E-state index in [1.165, 1.54) is 23.9 Å². The number of hydrogen-bond acceptors (Lipinski definition) is 9. The minimum Gasteiger partial charge on any atom is -0.411 e. The van der Waals surface area contributed by atoms with Crippen LogP contribution in [0.15, 0.2) is 56.9 Å². The lowest BCUT2D eigenvalue weighted by Gasteiger charge is -2.07. The van der Waals surface area contributed by atoms with Gasteiger partial charge in [-0.05, 0) is 36.8 Å². The number of hydrogen-bond donors (Lipinski definition) is 1. The standard InChI is InChI=1S/C20H17FN6O3S/c1-12-4-5-14(21)9-15(12)23-17(28)6-7-18-24-16(27-30-18)11-31-20-26-25-19(29-20)13-3-2-8-22-10-13/h2-5,8-10H,6-7,11H2,1H3,(H,23,28). The smallest absolute Gasteiger partial charge is 0.277 e. The van der Waals surface area contributed by atoms with E-state index in [0.29, 0.717) is 34.3 Å². The Morgan fingerprint density at radius 3 is 3.00 bits per heavy atom. The molecule has 1 N–H and O–H groups in total. The van der Waals surface area contributed by atoms with Crippen molar-refractivity contribution in [3.63, 3.8) is 0 Å². The quantitative estimate of drug-likeness (QED) is 0.408. The van der Waals surface area contributed by atoms with Crippen LogP contribution in [0.2, 0.25) is 0 Å². The molecule has 0 spiro atoms. The Balaban J connectivity index is 1.26. The molecule has 4 aromatic rings. The summed E-state index contributed by atoms with van der Waals surface area (Å²) < 4.78 is 24.1. The van der Waals surface area contributed by atoms with Gasteiger partial charge in [-0.1, -0.05) is 23.0 Å². The summed E-state index contributed by atoms with van der Waals surface area (Å²) in [6.45, 7) is 1.79. The molecule has 1 aromatic carbocycles.